The summed E-state index contributed by atoms with van der Waals surface area (Å²) < 4.78 is 5.80. The molecule has 0 aliphatic carbocycles. The summed E-state index contributed by atoms with van der Waals surface area (Å²) in [6.45, 7) is 5.21. The normalized spacial score (nSPS) is 10.7. The van der Waals surface area contributed by atoms with Gasteiger partial charge in [0.2, 0.25) is 5.91 Å². The molecule has 5 nitrogen and oxygen atoms in total. The Bertz CT molecular complexity index is 934. The topological polar surface area (TPSA) is 58.2 Å². The van der Waals surface area contributed by atoms with Crippen LogP contribution in [0.5, 0.6) is 5.75 Å². The molecule has 0 saturated heterocycles. The van der Waals surface area contributed by atoms with Crippen LogP contribution in [-0.4, -0.2) is 41.2 Å². The standard InChI is InChI=1S/C24H29N3O2/c1-18-9-7-13-23(19(18)2)29-16-14-24(28)27(3)15-8-12-21-17-22(26-25-21)20-10-5-4-6-11-20/h4-7,9-11,13,17H,8,12,14-16H2,1-3H3,(H,25,26). The largest absolute Gasteiger partial charge is 0.493 e. The lowest BCUT2D eigenvalue weighted by Gasteiger charge is -2.17. The van der Waals surface area contributed by atoms with Gasteiger partial charge in [-0.1, -0.05) is 42.5 Å². The van der Waals surface area contributed by atoms with Crippen molar-refractivity contribution in [2.45, 2.75) is 33.1 Å². The van der Waals surface area contributed by atoms with E-state index in [-0.39, 0.29) is 5.91 Å². The number of carbonyl (C=O) groups excluding carboxylic acids is 1. The third-order valence-corrected chi connectivity index (χ3v) is 5.19. The van der Waals surface area contributed by atoms with Gasteiger partial charge in [-0.15, -0.1) is 0 Å². The highest BCUT2D eigenvalue weighted by molar-refractivity contribution is 5.76. The van der Waals surface area contributed by atoms with Gasteiger partial charge in [-0.05, 0) is 49.9 Å². The molecule has 1 amide bonds. The summed E-state index contributed by atoms with van der Waals surface area (Å²) in [5, 5.41) is 7.48. The zero-order valence-electron chi connectivity index (χ0n) is 17.4. The fourth-order valence-electron chi connectivity index (χ4n) is 3.20. The molecule has 1 heterocycles. The maximum atomic E-state index is 12.3. The zero-order valence-corrected chi connectivity index (χ0v) is 17.4. The molecule has 29 heavy (non-hydrogen) atoms. The van der Waals surface area contributed by atoms with Crippen LogP contribution in [0.25, 0.3) is 11.3 Å². The number of nitrogens with zero attached hydrogens (tertiary/aromatic N) is 2. The summed E-state index contributed by atoms with van der Waals surface area (Å²) in [7, 11) is 1.85. The Kier molecular flexibility index (Phi) is 7.06. The lowest BCUT2D eigenvalue weighted by Crippen LogP contribution is -2.29. The molecule has 0 atom stereocenters. The molecule has 5 heteroatoms. The van der Waals surface area contributed by atoms with Crippen molar-refractivity contribution in [2.24, 2.45) is 0 Å². The fraction of sp³-hybridized carbons (Fsp3) is 0.333. The number of amides is 1. The Morgan fingerprint density at radius 1 is 1.10 bits per heavy atom. The number of aryl methyl sites for hydroxylation is 2. The number of nitrogens with one attached hydrogen (secondary N) is 1. The molecule has 1 aromatic heterocycles. The minimum Gasteiger partial charge on any atom is -0.493 e. The smallest absolute Gasteiger partial charge is 0.225 e. The number of hydrogen-bond donors (Lipinski definition) is 1. The van der Waals surface area contributed by atoms with Crippen molar-refractivity contribution >= 4 is 5.91 Å². The first-order chi connectivity index (χ1) is 14.0. The number of carbonyl (C=O) groups is 1. The maximum absolute atomic E-state index is 12.3. The summed E-state index contributed by atoms with van der Waals surface area (Å²) in [4.78, 5) is 14.1. The summed E-state index contributed by atoms with van der Waals surface area (Å²) in [6, 6.07) is 18.2. The van der Waals surface area contributed by atoms with Gasteiger partial charge in [0.1, 0.15) is 5.75 Å². The minimum atomic E-state index is 0.102. The molecule has 0 bridgehead atoms. The van der Waals surface area contributed by atoms with Crippen LogP contribution >= 0.6 is 0 Å². The van der Waals surface area contributed by atoms with Crippen LogP contribution in [0, 0.1) is 13.8 Å². The molecule has 0 saturated carbocycles. The molecule has 0 aliphatic heterocycles. The van der Waals surface area contributed by atoms with Gasteiger partial charge in [-0.2, -0.15) is 5.10 Å². The maximum Gasteiger partial charge on any atom is 0.225 e. The predicted octanol–water partition coefficient (Wildman–Crippen LogP) is 4.55. The molecular formula is C24H29N3O2. The first kappa shape index (κ1) is 20.6. The molecule has 3 aromatic rings. The van der Waals surface area contributed by atoms with E-state index in [0.29, 0.717) is 19.6 Å². The monoisotopic (exact) mass is 391 g/mol. The first-order valence-electron chi connectivity index (χ1n) is 10.1. The molecule has 2 aromatic carbocycles. The summed E-state index contributed by atoms with van der Waals surface area (Å²) >= 11 is 0. The van der Waals surface area contributed by atoms with Crippen molar-refractivity contribution in [1.29, 1.82) is 0 Å². The average molecular weight is 392 g/mol. The molecule has 1 N–H and O–H groups in total. The Morgan fingerprint density at radius 3 is 2.69 bits per heavy atom. The Balaban J connectivity index is 1.39. The van der Waals surface area contributed by atoms with Crippen LogP contribution in [0.3, 0.4) is 0 Å². The van der Waals surface area contributed by atoms with Crippen LogP contribution in [0.4, 0.5) is 0 Å². The van der Waals surface area contributed by atoms with Gasteiger partial charge in [0, 0.05) is 24.8 Å². The number of aromatic nitrogens is 2. The highest BCUT2D eigenvalue weighted by Gasteiger charge is 2.10. The van der Waals surface area contributed by atoms with E-state index in [4.69, 9.17) is 4.74 Å². The second kappa shape index (κ2) is 9.92. The van der Waals surface area contributed by atoms with Gasteiger partial charge in [-0.25, -0.2) is 0 Å². The molecule has 152 valence electrons. The van der Waals surface area contributed by atoms with E-state index in [1.54, 1.807) is 4.90 Å². The molecule has 0 spiro atoms. The number of aromatic amines is 1. The van der Waals surface area contributed by atoms with Crippen LogP contribution in [0.2, 0.25) is 0 Å². The molecule has 0 fully saturated rings. The highest BCUT2D eigenvalue weighted by Crippen LogP contribution is 2.21. The molecule has 3 rings (SSSR count). The second-order valence-electron chi connectivity index (χ2n) is 7.36. The summed E-state index contributed by atoms with van der Waals surface area (Å²) in [5.74, 6) is 0.957. The highest BCUT2D eigenvalue weighted by atomic mass is 16.5. The van der Waals surface area contributed by atoms with E-state index in [1.807, 2.05) is 56.4 Å². The van der Waals surface area contributed by atoms with Gasteiger partial charge in [-0.3, -0.25) is 9.89 Å². The van der Waals surface area contributed by atoms with Gasteiger partial charge in [0.05, 0.1) is 18.7 Å². The minimum absolute atomic E-state index is 0.102. The Hall–Kier alpha value is -3.08. The van der Waals surface area contributed by atoms with Crippen molar-refractivity contribution in [1.82, 2.24) is 15.1 Å². The Labute approximate surface area is 172 Å². The lowest BCUT2D eigenvalue weighted by molar-refractivity contribution is -0.130. The third kappa shape index (κ3) is 5.70. The van der Waals surface area contributed by atoms with E-state index < -0.39 is 0 Å². The van der Waals surface area contributed by atoms with E-state index >= 15 is 0 Å². The number of hydrogen-bond acceptors (Lipinski definition) is 3. The molecule has 0 radical (unpaired) electrons. The third-order valence-electron chi connectivity index (χ3n) is 5.19. The van der Waals surface area contributed by atoms with Crippen LogP contribution in [-0.2, 0) is 11.2 Å². The van der Waals surface area contributed by atoms with Crippen LogP contribution in [0.1, 0.15) is 29.7 Å². The van der Waals surface area contributed by atoms with Gasteiger partial charge in [0.25, 0.3) is 0 Å². The average Bonchev–Trinajstić information content (AvgIpc) is 3.20. The number of benzene rings is 2. The quantitative estimate of drug-likeness (QED) is 0.582. The van der Waals surface area contributed by atoms with Crippen LogP contribution in [0.15, 0.2) is 54.6 Å². The van der Waals surface area contributed by atoms with Crippen molar-refractivity contribution in [3.8, 4) is 17.0 Å². The first-order valence-corrected chi connectivity index (χ1v) is 10.1. The number of ether oxygens (including phenoxy) is 1. The summed E-state index contributed by atoms with van der Waals surface area (Å²) in [6.07, 6.45) is 2.12. The van der Waals surface area contributed by atoms with E-state index in [0.717, 1.165) is 41.1 Å². The molecule has 0 unspecified atom stereocenters. The number of rotatable bonds is 9. The van der Waals surface area contributed by atoms with E-state index in [9.17, 15) is 4.79 Å². The van der Waals surface area contributed by atoms with Gasteiger partial charge < -0.3 is 9.64 Å². The SMILES string of the molecule is Cc1cccc(OCCC(=O)N(C)CCCc2cc(-c3ccccc3)n[nH]2)c1C. The number of H-pyrrole nitrogens is 1. The van der Waals surface area contributed by atoms with Gasteiger partial charge in [0.15, 0.2) is 0 Å². The second-order valence-corrected chi connectivity index (χ2v) is 7.36. The molecular weight excluding hydrogens is 362 g/mol. The molecule has 0 aliphatic rings. The predicted molar refractivity (Wildman–Crippen MR) is 116 cm³/mol. The van der Waals surface area contributed by atoms with Crippen molar-refractivity contribution in [2.75, 3.05) is 20.2 Å². The van der Waals surface area contributed by atoms with Crippen molar-refractivity contribution < 1.29 is 9.53 Å². The van der Waals surface area contributed by atoms with Gasteiger partial charge >= 0.3 is 0 Å². The lowest BCUT2D eigenvalue weighted by atomic mass is 10.1. The zero-order chi connectivity index (χ0) is 20.6. The van der Waals surface area contributed by atoms with E-state index in [1.165, 1.54) is 5.56 Å². The van der Waals surface area contributed by atoms with Crippen LogP contribution < -0.4 is 4.74 Å². The fourth-order valence-corrected chi connectivity index (χ4v) is 3.20. The Morgan fingerprint density at radius 2 is 1.90 bits per heavy atom. The summed E-state index contributed by atoms with van der Waals surface area (Å²) in [5.41, 5.74) is 5.46. The van der Waals surface area contributed by atoms with Crippen molar-refractivity contribution in [3.05, 3.63) is 71.4 Å². The van der Waals surface area contributed by atoms with Crippen molar-refractivity contribution in [3.63, 3.8) is 0 Å². The van der Waals surface area contributed by atoms with E-state index in [2.05, 4.69) is 29.3 Å².